The third-order valence-corrected chi connectivity index (χ3v) is 4.92. The molecule has 5 heteroatoms. The topological polar surface area (TPSA) is 38.3 Å². The van der Waals surface area contributed by atoms with Gasteiger partial charge < -0.3 is 4.74 Å². The molecular formula is C14H18ClNO2S. The summed E-state index contributed by atoms with van der Waals surface area (Å²) in [5, 5.41) is 4.08. The van der Waals surface area contributed by atoms with E-state index >= 15 is 0 Å². The number of thioether (sulfide) groups is 1. The van der Waals surface area contributed by atoms with E-state index < -0.39 is 5.54 Å². The first-order valence-electron chi connectivity index (χ1n) is 6.28. The number of nitrogens with one attached hydrogen (secondary N) is 1. The Balaban J connectivity index is 2.03. The van der Waals surface area contributed by atoms with Crippen LogP contribution in [0.4, 0.5) is 0 Å². The fraction of sp³-hybridized carbons (Fsp3) is 0.500. The second-order valence-corrected chi connectivity index (χ2v) is 6.39. The molecule has 1 saturated carbocycles. The van der Waals surface area contributed by atoms with E-state index in [4.69, 9.17) is 16.3 Å². The normalized spacial score (nSPS) is 17.8. The van der Waals surface area contributed by atoms with E-state index in [0.717, 1.165) is 17.7 Å². The van der Waals surface area contributed by atoms with Crippen molar-refractivity contribution >= 4 is 29.3 Å². The summed E-state index contributed by atoms with van der Waals surface area (Å²) in [5.41, 5.74) is -0.667. The highest BCUT2D eigenvalue weighted by Gasteiger charge is 2.39. The number of ether oxygens (including phenoxy) is 1. The van der Waals surface area contributed by atoms with E-state index in [1.807, 2.05) is 31.2 Å². The third-order valence-electron chi connectivity index (χ3n) is 3.09. The Morgan fingerprint density at radius 3 is 2.79 bits per heavy atom. The van der Waals surface area contributed by atoms with Crippen LogP contribution in [0.5, 0.6) is 0 Å². The zero-order valence-corrected chi connectivity index (χ0v) is 12.7. The predicted octanol–water partition coefficient (Wildman–Crippen LogP) is 3.12. The lowest BCUT2D eigenvalue weighted by molar-refractivity contribution is -0.146. The largest absolute Gasteiger partial charge is 0.468 e. The molecule has 0 bridgehead atoms. The van der Waals surface area contributed by atoms with E-state index in [2.05, 4.69) is 5.32 Å². The fourth-order valence-electron chi connectivity index (χ4n) is 1.85. The first-order chi connectivity index (χ1) is 9.05. The van der Waals surface area contributed by atoms with Gasteiger partial charge in [0.1, 0.15) is 5.54 Å². The van der Waals surface area contributed by atoms with E-state index in [9.17, 15) is 4.79 Å². The Morgan fingerprint density at radius 2 is 2.21 bits per heavy atom. The Labute approximate surface area is 123 Å². The lowest BCUT2D eigenvalue weighted by Gasteiger charge is -2.27. The fourth-order valence-corrected chi connectivity index (χ4v) is 3.17. The van der Waals surface area contributed by atoms with Gasteiger partial charge in [0.05, 0.1) is 12.1 Å². The molecule has 1 aromatic carbocycles. The number of carbonyl (C=O) groups is 1. The quantitative estimate of drug-likeness (QED) is 0.647. The van der Waals surface area contributed by atoms with Crippen molar-refractivity contribution < 1.29 is 9.53 Å². The van der Waals surface area contributed by atoms with Crippen LogP contribution in [0, 0.1) is 0 Å². The average Bonchev–Trinajstić information content (AvgIpc) is 3.20. The first kappa shape index (κ1) is 14.7. The molecule has 104 valence electrons. The third kappa shape index (κ3) is 3.88. The summed E-state index contributed by atoms with van der Waals surface area (Å²) in [6, 6.07) is 8.10. The molecule has 1 aliphatic rings. The van der Waals surface area contributed by atoms with E-state index in [-0.39, 0.29) is 5.97 Å². The number of hydrogen-bond acceptors (Lipinski definition) is 4. The molecule has 0 radical (unpaired) electrons. The minimum Gasteiger partial charge on any atom is -0.468 e. The zero-order chi connectivity index (χ0) is 13.9. The first-order valence-corrected chi connectivity index (χ1v) is 7.65. The van der Waals surface area contributed by atoms with E-state index in [1.54, 1.807) is 11.8 Å². The van der Waals surface area contributed by atoms with Gasteiger partial charge in [-0.05, 0) is 31.9 Å². The summed E-state index contributed by atoms with van der Waals surface area (Å²) in [7, 11) is 1.43. The van der Waals surface area contributed by atoms with Crippen molar-refractivity contribution in [2.75, 3.05) is 12.9 Å². The van der Waals surface area contributed by atoms with Gasteiger partial charge in [-0.1, -0.05) is 23.7 Å². The van der Waals surface area contributed by atoms with Crippen molar-refractivity contribution in [2.24, 2.45) is 0 Å². The summed E-state index contributed by atoms with van der Waals surface area (Å²) in [4.78, 5) is 13.0. The van der Waals surface area contributed by atoms with Gasteiger partial charge in [-0.25, -0.2) is 0 Å². The summed E-state index contributed by atoms with van der Waals surface area (Å²) in [6.07, 6.45) is 2.26. The van der Waals surface area contributed by atoms with Crippen molar-refractivity contribution in [3.05, 3.63) is 29.3 Å². The molecule has 1 aliphatic carbocycles. The van der Waals surface area contributed by atoms with Crippen LogP contribution in [0.25, 0.3) is 0 Å². The molecule has 0 amide bonds. The lowest BCUT2D eigenvalue weighted by Crippen LogP contribution is -2.53. The summed E-state index contributed by atoms with van der Waals surface area (Å²) in [5.74, 6) is 0.374. The van der Waals surface area contributed by atoms with Gasteiger partial charge >= 0.3 is 5.97 Å². The summed E-state index contributed by atoms with van der Waals surface area (Å²) in [6.45, 7) is 1.89. The molecule has 3 nitrogen and oxygen atoms in total. The van der Waals surface area contributed by atoms with Gasteiger partial charge in [0.2, 0.25) is 0 Å². The van der Waals surface area contributed by atoms with Crippen LogP contribution >= 0.6 is 23.4 Å². The van der Waals surface area contributed by atoms with Gasteiger partial charge in [0.15, 0.2) is 0 Å². The standard InChI is InChI=1S/C14H18ClNO2S/c1-14(13(17)18-2,16-10-7-8-10)9-19-12-6-4-3-5-11(12)15/h3-6,10,16H,7-9H2,1-2H3. The van der Waals surface area contributed by atoms with Crippen molar-refractivity contribution in [3.63, 3.8) is 0 Å². The molecule has 19 heavy (non-hydrogen) atoms. The second-order valence-electron chi connectivity index (χ2n) is 4.96. The molecule has 0 spiro atoms. The van der Waals surface area contributed by atoms with Gasteiger partial charge in [0.25, 0.3) is 0 Å². The maximum absolute atomic E-state index is 12.0. The van der Waals surface area contributed by atoms with Crippen LogP contribution in [0.1, 0.15) is 19.8 Å². The summed E-state index contributed by atoms with van der Waals surface area (Å²) < 4.78 is 4.91. The van der Waals surface area contributed by atoms with Gasteiger partial charge in [-0.2, -0.15) is 0 Å². The number of benzene rings is 1. The van der Waals surface area contributed by atoms with Crippen molar-refractivity contribution in [3.8, 4) is 0 Å². The van der Waals surface area contributed by atoms with E-state index in [0.29, 0.717) is 16.8 Å². The van der Waals surface area contributed by atoms with Crippen molar-refractivity contribution in [2.45, 2.75) is 36.2 Å². The highest BCUT2D eigenvalue weighted by molar-refractivity contribution is 7.99. The molecule has 1 atom stereocenters. The molecule has 1 N–H and O–H groups in total. The minimum atomic E-state index is -0.667. The van der Waals surface area contributed by atoms with E-state index in [1.165, 1.54) is 7.11 Å². The van der Waals surface area contributed by atoms with Crippen LogP contribution in [-0.2, 0) is 9.53 Å². The molecule has 0 aromatic heterocycles. The van der Waals surface area contributed by atoms with Crippen LogP contribution in [0.3, 0.4) is 0 Å². The number of halogens is 1. The average molecular weight is 300 g/mol. The van der Waals surface area contributed by atoms with Crippen molar-refractivity contribution in [1.82, 2.24) is 5.32 Å². The Kier molecular flexibility index (Phi) is 4.76. The number of hydrogen-bond donors (Lipinski definition) is 1. The molecule has 1 unspecified atom stereocenters. The maximum Gasteiger partial charge on any atom is 0.326 e. The molecule has 0 heterocycles. The number of methoxy groups -OCH3 is 1. The second kappa shape index (κ2) is 6.16. The molecule has 1 fully saturated rings. The molecule has 0 saturated heterocycles. The predicted molar refractivity (Wildman–Crippen MR) is 78.8 cm³/mol. The lowest BCUT2D eigenvalue weighted by atomic mass is 10.1. The monoisotopic (exact) mass is 299 g/mol. The van der Waals surface area contributed by atoms with Crippen molar-refractivity contribution in [1.29, 1.82) is 0 Å². The maximum atomic E-state index is 12.0. The van der Waals surface area contributed by atoms with Gasteiger partial charge in [-0.15, -0.1) is 11.8 Å². The Bertz CT molecular complexity index is 465. The smallest absolute Gasteiger partial charge is 0.326 e. The number of carbonyl (C=O) groups excluding carboxylic acids is 1. The SMILES string of the molecule is COC(=O)C(C)(CSc1ccccc1Cl)NC1CC1. The molecule has 1 aromatic rings. The van der Waals surface area contributed by atoms with Crippen LogP contribution in [-0.4, -0.2) is 30.4 Å². The van der Waals surface area contributed by atoms with Gasteiger partial charge in [-0.3, -0.25) is 10.1 Å². The van der Waals surface area contributed by atoms with Crippen LogP contribution in [0.2, 0.25) is 5.02 Å². The Morgan fingerprint density at radius 1 is 1.53 bits per heavy atom. The van der Waals surface area contributed by atoms with Gasteiger partial charge in [0, 0.05) is 16.7 Å². The highest BCUT2D eigenvalue weighted by atomic mass is 35.5. The minimum absolute atomic E-state index is 0.223. The zero-order valence-electron chi connectivity index (χ0n) is 11.1. The van der Waals surface area contributed by atoms with Crippen LogP contribution < -0.4 is 5.32 Å². The van der Waals surface area contributed by atoms with Crippen LogP contribution in [0.15, 0.2) is 29.2 Å². The Hall–Kier alpha value is -0.710. The number of rotatable bonds is 6. The number of esters is 1. The molecular weight excluding hydrogens is 282 g/mol. The molecule has 0 aliphatic heterocycles. The molecule has 2 rings (SSSR count). The highest BCUT2D eigenvalue weighted by Crippen LogP contribution is 2.31. The summed E-state index contributed by atoms with van der Waals surface area (Å²) >= 11 is 7.70.